The van der Waals surface area contributed by atoms with Crippen LogP contribution < -0.4 is 10.6 Å². The Morgan fingerprint density at radius 2 is 1.97 bits per heavy atom. The number of alkyl halides is 3. The average molecular weight is 582 g/mol. The van der Waals surface area contributed by atoms with Gasteiger partial charge in [-0.1, -0.05) is 30.3 Å². The van der Waals surface area contributed by atoms with Crippen molar-refractivity contribution in [2.24, 2.45) is 0 Å². The molecule has 9 nitrogen and oxygen atoms in total. The number of rotatable bonds is 7. The Morgan fingerprint density at radius 1 is 1.24 bits per heavy atom. The van der Waals surface area contributed by atoms with Crippen molar-refractivity contribution in [1.82, 2.24) is 25.7 Å². The van der Waals surface area contributed by atoms with E-state index in [1.54, 1.807) is 42.7 Å². The van der Waals surface area contributed by atoms with Crippen molar-refractivity contribution in [1.29, 1.82) is 0 Å². The lowest BCUT2D eigenvalue weighted by Crippen LogP contribution is -2.51. The van der Waals surface area contributed by atoms with Crippen LogP contribution in [0.2, 0.25) is 0 Å². The van der Waals surface area contributed by atoms with Crippen molar-refractivity contribution in [2.75, 3.05) is 6.54 Å². The van der Waals surface area contributed by atoms with Crippen LogP contribution in [0, 0.1) is 0 Å². The Morgan fingerprint density at radius 3 is 2.65 bits per heavy atom. The number of hydroxylamine groups is 2. The van der Waals surface area contributed by atoms with Gasteiger partial charge >= 0.3 is 12.1 Å². The van der Waals surface area contributed by atoms with E-state index in [9.17, 15) is 27.6 Å². The number of H-pyrrole nitrogens is 1. The summed E-state index contributed by atoms with van der Waals surface area (Å²) < 4.78 is 39.2. The monoisotopic (exact) mass is 581 g/mol. The molecule has 1 aliphatic rings. The first-order valence-electron chi connectivity index (χ1n) is 11.3. The zero-order valence-electron chi connectivity index (χ0n) is 19.5. The second-order valence-electron chi connectivity index (χ2n) is 8.66. The minimum Gasteiger partial charge on any atom is -0.360 e. The summed E-state index contributed by atoms with van der Waals surface area (Å²) >= 11 is 3.41. The van der Waals surface area contributed by atoms with E-state index in [0.717, 1.165) is 26.0 Å². The van der Waals surface area contributed by atoms with Crippen LogP contribution in [0.15, 0.2) is 53.3 Å². The molecule has 0 aliphatic carbocycles. The Kier molecular flexibility index (Phi) is 7.83. The molecule has 196 valence electrons. The number of halogens is 4. The summed E-state index contributed by atoms with van der Waals surface area (Å²) in [5.41, 5.74) is 2.28. The van der Waals surface area contributed by atoms with E-state index in [1.165, 1.54) is 6.92 Å². The van der Waals surface area contributed by atoms with Crippen LogP contribution in [0.4, 0.5) is 13.2 Å². The van der Waals surface area contributed by atoms with Crippen LogP contribution in [0.5, 0.6) is 0 Å². The van der Waals surface area contributed by atoms with Crippen molar-refractivity contribution in [3.05, 3.63) is 64.5 Å². The van der Waals surface area contributed by atoms with Gasteiger partial charge in [0.1, 0.15) is 12.1 Å². The molecule has 0 unspecified atom stereocenters. The fourth-order valence-electron chi connectivity index (χ4n) is 4.15. The fourth-order valence-corrected chi connectivity index (χ4v) is 4.60. The molecule has 1 fully saturated rings. The number of hydrogen-bond acceptors (Lipinski definition) is 6. The van der Waals surface area contributed by atoms with Gasteiger partial charge in [-0.15, -0.1) is 5.06 Å². The molecule has 13 heteroatoms. The number of benzene rings is 1. The number of aromatic nitrogens is 2. The number of carbonyl (C=O) groups excluding carboxylic acids is 3. The topological polar surface area (TPSA) is 116 Å². The molecule has 3 heterocycles. The van der Waals surface area contributed by atoms with E-state index >= 15 is 0 Å². The SMILES string of the molecule is C[C@H](NC(=O)[C@H]1C[C@H](c2ccccc2)CN1OC(=O)C(F)(F)F)C(=O)NCc1cc2c(Br)cncc2[nH]1. The summed E-state index contributed by atoms with van der Waals surface area (Å²) in [6.45, 7) is 1.50. The van der Waals surface area contributed by atoms with E-state index in [1.807, 2.05) is 6.07 Å². The average Bonchev–Trinajstić information content (AvgIpc) is 3.47. The minimum absolute atomic E-state index is 0.102. The predicted octanol–water partition coefficient (Wildman–Crippen LogP) is 3.32. The standard InChI is InChI=1S/C24H23BrF3N5O4/c1-13(21(34)30-9-16-8-17-18(25)10-29-11-19(17)32-16)31-22(35)20-7-15(14-5-3-2-4-6-14)12-33(20)37-23(36)24(26,27)28/h2-6,8,10-11,13,15,20,32H,7,9,12H2,1H3,(H,30,34)(H,31,35)/t13-,15-,20+/m0/s1. The molecule has 1 aliphatic heterocycles. The van der Waals surface area contributed by atoms with Crippen molar-refractivity contribution in [3.8, 4) is 0 Å². The third-order valence-electron chi connectivity index (χ3n) is 6.02. The fraction of sp³-hybridized carbons (Fsp3) is 0.333. The molecule has 0 saturated carbocycles. The smallest absolute Gasteiger partial charge is 0.360 e. The summed E-state index contributed by atoms with van der Waals surface area (Å²) in [7, 11) is 0. The molecule has 0 spiro atoms. The number of aromatic amines is 1. The lowest BCUT2D eigenvalue weighted by molar-refractivity contribution is -0.240. The summed E-state index contributed by atoms with van der Waals surface area (Å²) in [6.07, 6.45) is -1.81. The molecule has 1 aromatic carbocycles. The molecule has 3 N–H and O–H groups in total. The quantitative estimate of drug-likeness (QED) is 0.394. The van der Waals surface area contributed by atoms with Gasteiger partial charge in [-0.3, -0.25) is 14.6 Å². The van der Waals surface area contributed by atoms with Gasteiger partial charge < -0.3 is 20.5 Å². The maximum absolute atomic E-state index is 13.0. The van der Waals surface area contributed by atoms with Crippen molar-refractivity contribution >= 4 is 44.6 Å². The molecular formula is C24H23BrF3N5O4. The first-order valence-corrected chi connectivity index (χ1v) is 12.1. The molecule has 2 amide bonds. The molecule has 37 heavy (non-hydrogen) atoms. The highest BCUT2D eigenvalue weighted by molar-refractivity contribution is 9.10. The molecule has 0 bridgehead atoms. The highest BCUT2D eigenvalue weighted by Crippen LogP contribution is 2.33. The number of nitrogens with zero attached hydrogens (tertiary/aromatic N) is 2. The summed E-state index contributed by atoms with van der Waals surface area (Å²) in [5.74, 6) is -3.99. The third kappa shape index (κ3) is 6.28. The zero-order valence-corrected chi connectivity index (χ0v) is 21.1. The Bertz CT molecular complexity index is 1300. The van der Waals surface area contributed by atoms with Crippen LogP contribution in [-0.2, 0) is 25.8 Å². The highest BCUT2D eigenvalue weighted by atomic mass is 79.9. The number of carbonyl (C=O) groups is 3. The van der Waals surface area contributed by atoms with Crippen LogP contribution in [-0.4, -0.2) is 57.6 Å². The van der Waals surface area contributed by atoms with E-state index in [2.05, 4.69) is 41.4 Å². The van der Waals surface area contributed by atoms with Gasteiger partial charge in [-0.2, -0.15) is 13.2 Å². The molecule has 3 aromatic rings. The minimum atomic E-state index is -5.21. The first kappa shape index (κ1) is 26.6. The zero-order chi connectivity index (χ0) is 26.7. The maximum Gasteiger partial charge on any atom is 0.492 e. The summed E-state index contributed by atoms with van der Waals surface area (Å²) in [6, 6.07) is 8.53. The van der Waals surface area contributed by atoms with Crippen LogP contribution >= 0.6 is 15.9 Å². The van der Waals surface area contributed by atoms with Gasteiger partial charge in [-0.05, 0) is 40.9 Å². The predicted molar refractivity (Wildman–Crippen MR) is 130 cm³/mol. The van der Waals surface area contributed by atoms with Gasteiger partial charge in [0.2, 0.25) is 11.8 Å². The number of pyridine rings is 1. The lowest BCUT2D eigenvalue weighted by atomic mass is 9.96. The Labute approximate surface area is 217 Å². The van der Waals surface area contributed by atoms with Crippen molar-refractivity contribution in [3.63, 3.8) is 0 Å². The van der Waals surface area contributed by atoms with E-state index in [-0.39, 0.29) is 25.4 Å². The second kappa shape index (κ2) is 10.9. The normalized spacial score (nSPS) is 18.9. The Hall–Kier alpha value is -3.45. The molecule has 1 saturated heterocycles. The Balaban J connectivity index is 1.39. The number of amides is 2. The van der Waals surface area contributed by atoms with Gasteiger partial charge in [0.15, 0.2) is 0 Å². The summed E-state index contributed by atoms with van der Waals surface area (Å²) in [4.78, 5) is 48.8. The van der Waals surface area contributed by atoms with Crippen LogP contribution in [0.1, 0.15) is 30.5 Å². The van der Waals surface area contributed by atoms with E-state index in [4.69, 9.17) is 0 Å². The van der Waals surface area contributed by atoms with Crippen LogP contribution in [0.25, 0.3) is 10.9 Å². The highest BCUT2D eigenvalue weighted by Gasteiger charge is 2.47. The molecule has 2 aromatic heterocycles. The van der Waals surface area contributed by atoms with Gasteiger partial charge in [0, 0.05) is 34.2 Å². The number of fused-ring (bicyclic) bond motifs is 1. The number of hydrogen-bond donors (Lipinski definition) is 3. The van der Waals surface area contributed by atoms with Gasteiger partial charge in [0.05, 0.1) is 18.3 Å². The lowest BCUT2D eigenvalue weighted by Gasteiger charge is -2.24. The first-order chi connectivity index (χ1) is 17.5. The maximum atomic E-state index is 13.0. The molecule has 4 rings (SSSR count). The number of nitrogens with one attached hydrogen (secondary N) is 3. The van der Waals surface area contributed by atoms with Crippen molar-refractivity contribution < 1.29 is 32.4 Å². The van der Waals surface area contributed by atoms with Gasteiger partial charge in [0.25, 0.3) is 0 Å². The summed E-state index contributed by atoms with van der Waals surface area (Å²) in [5, 5.41) is 6.85. The second-order valence-corrected chi connectivity index (χ2v) is 9.51. The largest absolute Gasteiger partial charge is 0.492 e. The third-order valence-corrected chi connectivity index (χ3v) is 6.65. The van der Waals surface area contributed by atoms with Crippen molar-refractivity contribution in [2.45, 2.75) is 44.1 Å². The van der Waals surface area contributed by atoms with Gasteiger partial charge in [-0.25, -0.2) is 4.79 Å². The molecule has 0 radical (unpaired) electrons. The molecular weight excluding hydrogens is 559 g/mol. The van der Waals surface area contributed by atoms with E-state index < -0.39 is 36.0 Å². The van der Waals surface area contributed by atoms with Crippen LogP contribution in [0.3, 0.4) is 0 Å². The van der Waals surface area contributed by atoms with E-state index in [0.29, 0.717) is 5.69 Å². The molecule has 3 atom stereocenters.